The molecule has 108 valence electrons. The Balaban J connectivity index is 1.89. The van der Waals surface area contributed by atoms with Gasteiger partial charge < -0.3 is 9.47 Å². The van der Waals surface area contributed by atoms with Crippen molar-refractivity contribution in [2.75, 3.05) is 6.61 Å². The van der Waals surface area contributed by atoms with Gasteiger partial charge in [-0.25, -0.2) is 0 Å². The van der Waals surface area contributed by atoms with Gasteiger partial charge in [0.05, 0.1) is 17.0 Å². The number of carbonyl (C=O) groups excluding carboxylic acids is 1. The van der Waals surface area contributed by atoms with Crippen LogP contribution in [0, 0.1) is 17.3 Å². The van der Waals surface area contributed by atoms with Gasteiger partial charge in [-0.2, -0.15) is 0 Å². The monoisotopic (exact) mass is 330 g/mol. The summed E-state index contributed by atoms with van der Waals surface area (Å²) in [5.41, 5.74) is 0.228. The molecule has 6 atom stereocenters. The predicted molar refractivity (Wildman–Crippen MR) is 76.2 cm³/mol. The number of hydrogen-bond acceptors (Lipinski definition) is 3. The standard InChI is InChI=1S/C15H23BrO3/c1-9-6-13-15(16)7-12(19-11(3)17)4-5-14(15,8-18-13)10(9)2/h9-10,12-13H,4-8H2,1-3H3. The molecule has 6 unspecified atom stereocenters. The first-order valence-corrected chi connectivity index (χ1v) is 8.16. The van der Waals surface area contributed by atoms with Crippen molar-refractivity contribution in [3.63, 3.8) is 0 Å². The van der Waals surface area contributed by atoms with Crippen LogP contribution >= 0.6 is 15.9 Å². The van der Waals surface area contributed by atoms with Gasteiger partial charge in [-0.1, -0.05) is 29.8 Å². The Kier molecular flexibility index (Phi) is 3.25. The van der Waals surface area contributed by atoms with Gasteiger partial charge in [0.2, 0.25) is 0 Å². The Labute approximate surface area is 123 Å². The van der Waals surface area contributed by atoms with E-state index in [-0.39, 0.29) is 27.9 Å². The van der Waals surface area contributed by atoms with E-state index >= 15 is 0 Å². The van der Waals surface area contributed by atoms with Gasteiger partial charge in [-0.3, -0.25) is 4.79 Å². The molecule has 2 aliphatic carbocycles. The van der Waals surface area contributed by atoms with Crippen molar-refractivity contribution in [2.45, 2.75) is 63.0 Å². The molecule has 0 aromatic carbocycles. The SMILES string of the molecule is CC(=O)OC1CCC23COC(CC(C)C2C)C3(Br)C1. The molecule has 4 heteroatoms. The molecule has 3 aliphatic rings. The second-order valence-corrected chi connectivity index (χ2v) is 8.21. The summed E-state index contributed by atoms with van der Waals surface area (Å²) in [5, 5.41) is 0. The maximum Gasteiger partial charge on any atom is 0.302 e. The van der Waals surface area contributed by atoms with Crippen LogP contribution in [0.3, 0.4) is 0 Å². The first-order valence-electron chi connectivity index (χ1n) is 7.37. The van der Waals surface area contributed by atoms with Crippen LogP contribution < -0.4 is 0 Å². The highest BCUT2D eigenvalue weighted by atomic mass is 79.9. The molecular formula is C15H23BrO3. The van der Waals surface area contributed by atoms with E-state index in [0.29, 0.717) is 11.8 Å². The lowest BCUT2D eigenvalue weighted by Gasteiger charge is -2.56. The summed E-state index contributed by atoms with van der Waals surface area (Å²) in [5.74, 6) is 1.20. The second kappa shape index (κ2) is 4.45. The summed E-state index contributed by atoms with van der Waals surface area (Å²) in [6.45, 7) is 7.08. The summed E-state index contributed by atoms with van der Waals surface area (Å²) < 4.78 is 11.6. The highest BCUT2D eigenvalue weighted by Crippen LogP contribution is 2.66. The van der Waals surface area contributed by atoms with Crippen molar-refractivity contribution >= 4 is 21.9 Å². The normalized spacial score (nSPS) is 52.6. The van der Waals surface area contributed by atoms with E-state index < -0.39 is 0 Å². The van der Waals surface area contributed by atoms with Crippen LogP contribution in [0.1, 0.15) is 46.5 Å². The van der Waals surface area contributed by atoms with Crippen molar-refractivity contribution in [3.8, 4) is 0 Å². The summed E-state index contributed by atoms with van der Waals surface area (Å²) in [7, 11) is 0. The molecule has 1 heterocycles. The zero-order valence-corrected chi connectivity index (χ0v) is 13.5. The molecule has 2 bridgehead atoms. The first kappa shape index (κ1) is 13.9. The van der Waals surface area contributed by atoms with E-state index in [1.807, 2.05) is 0 Å². The summed E-state index contributed by atoms with van der Waals surface area (Å²) in [6, 6.07) is 0. The number of hydrogen-bond donors (Lipinski definition) is 0. The Morgan fingerprint density at radius 3 is 2.84 bits per heavy atom. The number of carbonyl (C=O) groups is 1. The van der Waals surface area contributed by atoms with Crippen LogP contribution in [0.25, 0.3) is 0 Å². The van der Waals surface area contributed by atoms with E-state index in [0.717, 1.165) is 32.3 Å². The highest BCUT2D eigenvalue weighted by Gasteiger charge is 2.68. The van der Waals surface area contributed by atoms with E-state index in [9.17, 15) is 4.79 Å². The smallest absolute Gasteiger partial charge is 0.302 e. The highest BCUT2D eigenvalue weighted by molar-refractivity contribution is 9.10. The predicted octanol–water partition coefficient (Wildman–Crippen LogP) is 3.30. The number of halogens is 1. The number of esters is 1. The molecule has 0 radical (unpaired) electrons. The van der Waals surface area contributed by atoms with E-state index in [4.69, 9.17) is 9.47 Å². The maximum absolute atomic E-state index is 11.2. The van der Waals surface area contributed by atoms with Crippen LogP contribution in [0.2, 0.25) is 0 Å². The number of alkyl halides is 1. The summed E-state index contributed by atoms with van der Waals surface area (Å²) in [6.07, 6.45) is 4.40. The Hall–Kier alpha value is -0.0900. The molecule has 0 spiro atoms. The largest absolute Gasteiger partial charge is 0.463 e. The fraction of sp³-hybridized carbons (Fsp3) is 0.933. The van der Waals surface area contributed by atoms with Crippen molar-refractivity contribution in [1.82, 2.24) is 0 Å². The first-order chi connectivity index (χ1) is 8.89. The van der Waals surface area contributed by atoms with Gasteiger partial charge in [-0.05, 0) is 31.1 Å². The maximum atomic E-state index is 11.2. The molecule has 0 N–H and O–H groups in total. The minimum absolute atomic E-state index is 0.00426. The van der Waals surface area contributed by atoms with Crippen LogP contribution in [0.5, 0.6) is 0 Å². The van der Waals surface area contributed by atoms with Crippen molar-refractivity contribution in [2.24, 2.45) is 17.3 Å². The fourth-order valence-electron chi connectivity index (χ4n) is 4.70. The average Bonchev–Trinajstić information content (AvgIpc) is 2.53. The Morgan fingerprint density at radius 2 is 2.16 bits per heavy atom. The molecule has 0 amide bonds. The molecular weight excluding hydrogens is 308 g/mol. The van der Waals surface area contributed by atoms with Gasteiger partial charge >= 0.3 is 5.97 Å². The molecule has 3 rings (SSSR count). The zero-order valence-electron chi connectivity index (χ0n) is 11.9. The summed E-state index contributed by atoms with van der Waals surface area (Å²) >= 11 is 4.04. The quantitative estimate of drug-likeness (QED) is 0.546. The van der Waals surface area contributed by atoms with Crippen LogP contribution in [-0.2, 0) is 14.3 Å². The van der Waals surface area contributed by atoms with Gasteiger partial charge in [-0.15, -0.1) is 0 Å². The third-order valence-corrected chi connectivity index (χ3v) is 7.59. The van der Waals surface area contributed by atoms with Gasteiger partial charge in [0.25, 0.3) is 0 Å². The van der Waals surface area contributed by atoms with Crippen LogP contribution in [0.4, 0.5) is 0 Å². The van der Waals surface area contributed by atoms with Gasteiger partial charge in [0.15, 0.2) is 0 Å². The van der Waals surface area contributed by atoms with E-state index in [2.05, 4.69) is 29.8 Å². The van der Waals surface area contributed by atoms with Gasteiger partial charge in [0.1, 0.15) is 6.10 Å². The lowest BCUT2D eigenvalue weighted by molar-refractivity contribution is -0.151. The molecule has 1 aliphatic heterocycles. The minimum Gasteiger partial charge on any atom is -0.463 e. The number of rotatable bonds is 1. The van der Waals surface area contributed by atoms with Crippen molar-refractivity contribution < 1.29 is 14.3 Å². The third-order valence-electron chi connectivity index (χ3n) is 5.96. The van der Waals surface area contributed by atoms with E-state index in [1.54, 1.807) is 0 Å². The third kappa shape index (κ3) is 1.82. The molecule has 19 heavy (non-hydrogen) atoms. The lowest BCUT2D eigenvalue weighted by Crippen LogP contribution is -2.60. The average molecular weight is 331 g/mol. The summed E-state index contributed by atoms with van der Waals surface area (Å²) in [4.78, 5) is 11.2. The molecule has 0 aromatic heterocycles. The number of ether oxygens (including phenoxy) is 2. The molecule has 2 saturated carbocycles. The van der Waals surface area contributed by atoms with E-state index in [1.165, 1.54) is 6.92 Å². The fourth-order valence-corrected chi connectivity index (χ4v) is 6.06. The Bertz CT molecular complexity index is 399. The molecule has 3 nitrogen and oxygen atoms in total. The van der Waals surface area contributed by atoms with Gasteiger partial charge in [0, 0.05) is 18.8 Å². The molecule has 3 fully saturated rings. The topological polar surface area (TPSA) is 35.5 Å². The van der Waals surface area contributed by atoms with Crippen LogP contribution in [0.15, 0.2) is 0 Å². The van der Waals surface area contributed by atoms with Crippen molar-refractivity contribution in [1.29, 1.82) is 0 Å². The van der Waals surface area contributed by atoms with Crippen LogP contribution in [-0.4, -0.2) is 29.1 Å². The minimum atomic E-state index is -0.164. The molecule has 1 saturated heterocycles. The molecule has 0 aromatic rings. The lowest BCUT2D eigenvalue weighted by atomic mass is 9.53. The van der Waals surface area contributed by atoms with Crippen molar-refractivity contribution in [3.05, 3.63) is 0 Å². The zero-order chi connectivity index (χ0) is 13.8. The second-order valence-electron chi connectivity index (χ2n) is 6.79. The Morgan fingerprint density at radius 1 is 1.42 bits per heavy atom.